The largest absolute Gasteiger partial charge is 0.341 e. The zero-order valence-electron chi connectivity index (χ0n) is 12.8. The molecule has 1 saturated carbocycles. The van der Waals surface area contributed by atoms with Crippen LogP contribution in [0.25, 0.3) is 0 Å². The van der Waals surface area contributed by atoms with Crippen molar-refractivity contribution in [2.75, 3.05) is 7.05 Å². The van der Waals surface area contributed by atoms with E-state index in [-0.39, 0.29) is 5.91 Å². The predicted molar refractivity (Wildman–Crippen MR) is 82.2 cm³/mol. The fourth-order valence-corrected chi connectivity index (χ4v) is 3.07. The number of nitrogens with zero attached hydrogens (tertiary/aromatic N) is 1. The fraction of sp³-hybridized carbons (Fsp3) is 0.588. The van der Waals surface area contributed by atoms with Crippen LogP contribution in [0.1, 0.15) is 45.1 Å². The van der Waals surface area contributed by atoms with E-state index in [0.29, 0.717) is 6.04 Å². The highest BCUT2D eigenvalue weighted by Crippen LogP contribution is 2.29. The maximum absolute atomic E-state index is 12.7. The number of hydrogen-bond donors (Lipinski definition) is 1. The van der Waals surface area contributed by atoms with Crippen molar-refractivity contribution in [1.82, 2.24) is 4.90 Å². The van der Waals surface area contributed by atoms with Crippen molar-refractivity contribution < 1.29 is 4.79 Å². The first-order valence-corrected chi connectivity index (χ1v) is 7.54. The lowest BCUT2D eigenvalue weighted by Crippen LogP contribution is -2.53. The Morgan fingerprint density at radius 3 is 2.30 bits per heavy atom. The Balaban J connectivity index is 2.10. The third-order valence-corrected chi connectivity index (χ3v) is 4.67. The molecule has 3 nitrogen and oxygen atoms in total. The number of carbonyl (C=O) groups is 1. The number of benzene rings is 1. The Hall–Kier alpha value is -1.35. The van der Waals surface area contributed by atoms with Crippen LogP contribution < -0.4 is 5.73 Å². The molecule has 0 radical (unpaired) electrons. The summed E-state index contributed by atoms with van der Waals surface area (Å²) in [6.07, 6.45) is 4.59. The SMILES string of the molecule is CC1CCC(N(C)C(=O)C(C)(N)c2ccccc2)CC1. The van der Waals surface area contributed by atoms with Crippen molar-refractivity contribution in [3.05, 3.63) is 35.9 Å². The number of likely N-dealkylation sites (N-methyl/N-ethyl adjacent to an activating group) is 1. The lowest BCUT2D eigenvalue weighted by atomic mass is 9.85. The average Bonchev–Trinajstić information content (AvgIpc) is 2.47. The molecule has 0 aromatic heterocycles. The molecule has 1 aliphatic carbocycles. The third kappa shape index (κ3) is 3.04. The first-order chi connectivity index (χ1) is 9.43. The van der Waals surface area contributed by atoms with Gasteiger partial charge in [-0.15, -0.1) is 0 Å². The van der Waals surface area contributed by atoms with E-state index in [9.17, 15) is 4.79 Å². The topological polar surface area (TPSA) is 46.3 Å². The number of amides is 1. The maximum Gasteiger partial charge on any atom is 0.246 e. The number of rotatable bonds is 3. The number of carbonyl (C=O) groups excluding carboxylic acids is 1. The number of nitrogens with two attached hydrogens (primary N) is 1. The molecule has 0 saturated heterocycles. The van der Waals surface area contributed by atoms with Gasteiger partial charge in [0.05, 0.1) is 0 Å². The van der Waals surface area contributed by atoms with Gasteiger partial charge in [-0.2, -0.15) is 0 Å². The summed E-state index contributed by atoms with van der Waals surface area (Å²) in [4.78, 5) is 14.6. The lowest BCUT2D eigenvalue weighted by Gasteiger charge is -2.38. The highest BCUT2D eigenvalue weighted by atomic mass is 16.2. The first kappa shape index (κ1) is 15.0. The monoisotopic (exact) mass is 274 g/mol. The van der Waals surface area contributed by atoms with Gasteiger partial charge in [0.15, 0.2) is 0 Å². The first-order valence-electron chi connectivity index (χ1n) is 7.54. The quantitative estimate of drug-likeness (QED) is 0.921. The van der Waals surface area contributed by atoms with Gasteiger partial charge < -0.3 is 10.6 Å². The molecule has 0 aliphatic heterocycles. The van der Waals surface area contributed by atoms with Gasteiger partial charge in [0.25, 0.3) is 0 Å². The summed E-state index contributed by atoms with van der Waals surface area (Å²) in [7, 11) is 1.90. The smallest absolute Gasteiger partial charge is 0.246 e. The summed E-state index contributed by atoms with van der Waals surface area (Å²) >= 11 is 0. The summed E-state index contributed by atoms with van der Waals surface area (Å²) in [5, 5.41) is 0. The summed E-state index contributed by atoms with van der Waals surface area (Å²) in [6, 6.07) is 9.98. The van der Waals surface area contributed by atoms with Crippen LogP contribution in [0, 0.1) is 5.92 Å². The van der Waals surface area contributed by atoms with Gasteiger partial charge in [-0.25, -0.2) is 0 Å². The minimum atomic E-state index is -0.945. The van der Waals surface area contributed by atoms with Gasteiger partial charge in [0, 0.05) is 13.1 Å². The van der Waals surface area contributed by atoms with Gasteiger partial charge in [-0.3, -0.25) is 4.79 Å². The zero-order valence-corrected chi connectivity index (χ0v) is 12.8. The van der Waals surface area contributed by atoms with Gasteiger partial charge in [0.1, 0.15) is 5.54 Å². The Morgan fingerprint density at radius 2 is 1.75 bits per heavy atom. The van der Waals surface area contributed by atoms with Crippen LogP contribution in [0.4, 0.5) is 0 Å². The van der Waals surface area contributed by atoms with Crippen LogP contribution in [0.3, 0.4) is 0 Å². The molecule has 1 aliphatic rings. The minimum absolute atomic E-state index is 0.0169. The van der Waals surface area contributed by atoms with E-state index in [1.165, 1.54) is 12.8 Å². The van der Waals surface area contributed by atoms with Crippen molar-refractivity contribution in [1.29, 1.82) is 0 Å². The Labute approximate surface area is 122 Å². The van der Waals surface area contributed by atoms with Crippen molar-refractivity contribution in [3.63, 3.8) is 0 Å². The van der Waals surface area contributed by atoms with Crippen LogP contribution in [0.2, 0.25) is 0 Å². The summed E-state index contributed by atoms with van der Waals surface area (Å²) in [5.41, 5.74) is 6.26. The molecule has 1 fully saturated rings. The molecular formula is C17H26N2O. The van der Waals surface area contributed by atoms with Crippen LogP contribution in [-0.2, 0) is 10.3 Å². The van der Waals surface area contributed by atoms with Gasteiger partial charge in [-0.05, 0) is 44.1 Å². The number of hydrogen-bond acceptors (Lipinski definition) is 2. The van der Waals surface area contributed by atoms with Gasteiger partial charge >= 0.3 is 0 Å². The maximum atomic E-state index is 12.7. The summed E-state index contributed by atoms with van der Waals surface area (Å²) in [6.45, 7) is 4.10. The molecule has 1 aromatic carbocycles. The highest BCUT2D eigenvalue weighted by Gasteiger charge is 2.36. The van der Waals surface area contributed by atoms with Crippen molar-refractivity contribution >= 4 is 5.91 Å². The molecule has 2 N–H and O–H groups in total. The van der Waals surface area contributed by atoms with Crippen LogP contribution >= 0.6 is 0 Å². The molecule has 1 atom stereocenters. The second-order valence-electron chi connectivity index (χ2n) is 6.40. The highest BCUT2D eigenvalue weighted by molar-refractivity contribution is 5.87. The summed E-state index contributed by atoms with van der Waals surface area (Å²) in [5.74, 6) is 0.802. The molecule has 0 heterocycles. The fourth-order valence-electron chi connectivity index (χ4n) is 3.07. The molecule has 1 unspecified atom stereocenters. The van der Waals surface area contributed by atoms with E-state index < -0.39 is 5.54 Å². The molecule has 1 amide bonds. The summed E-state index contributed by atoms with van der Waals surface area (Å²) < 4.78 is 0. The van der Waals surface area contributed by atoms with E-state index in [4.69, 9.17) is 5.73 Å². The van der Waals surface area contributed by atoms with E-state index in [1.54, 1.807) is 0 Å². The molecule has 2 rings (SSSR count). The van der Waals surface area contributed by atoms with Crippen molar-refractivity contribution in [2.24, 2.45) is 11.7 Å². The molecule has 0 spiro atoms. The molecule has 0 bridgehead atoms. The van der Waals surface area contributed by atoms with E-state index >= 15 is 0 Å². The Morgan fingerprint density at radius 1 is 1.20 bits per heavy atom. The normalized spacial score (nSPS) is 25.8. The second-order valence-corrected chi connectivity index (χ2v) is 6.40. The molecule has 3 heteroatoms. The van der Waals surface area contributed by atoms with E-state index in [0.717, 1.165) is 24.3 Å². The molecule has 1 aromatic rings. The van der Waals surface area contributed by atoms with Crippen molar-refractivity contribution in [2.45, 2.75) is 51.1 Å². The van der Waals surface area contributed by atoms with Gasteiger partial charge in [0.2, 0.25) is 5.91 Å². The van der Waals surface area contributed by atoms with Crippen LogP contribution in [0.15, 0.2) is 30.3 Å². The Kier molecular flexibility index (Phi) is 4.48. The lowest BCUT2D eigenvalue weighted by molar-refractivity contribution is -0.138. The van der Waals surface area contributed by atoms with Gasteiger partial charge in [-0.1, -0.05) is 37.3 Å². The Bertz CT molecular complexity index is 447. The standard InChI is InChI=1S/C17H26N2O/c1-13-9-11-15(12-10-13)19(3)16(20)17(2,18)14-7-5-4-6-8-14/h4-8,13,15H,9-12,18H2,1-3H3. The predicted octanol–water partition coefficient (Wildman–Crippen LogP) is 2.90. The van der Waals surface area contributed by atoms with E-state index in [1.807, 2.05) is 49.2 Å². The average molecular weight is 274 g/mol. The second kappa shape index (κ2) is 5.96. The van der Waals surface area contributed by atoms with Crippen LogP contribution in [-0.4, -0.2) is 23.9 Å². The van der Waals surface area contributed by atoms with Crippen LogP contribution in [0.5, 0.6) is 0 Å². The zero-order chi connectivity index (χ0) is 14.8. The third-order valence-electron chi connectivity index (χ3n) is 4.67. The molecule has 20 heavy (non-hydrogen) atoms. The van der Waals surface area contributed by atoms with Crippen molar-refractivity contribution in [3.8, 4) is 0 Å². The minimum Gasteiger partial charge on any atom is -0.341 e. The molecular weight excluding hydrogens is 248 g/mol. The van der Waals surface area contributed by atoms with E-state index in [2.05, 4.69) is 6.92 Å². The molecule has 110 valence electrons.